The number of rotatable bonds is 3. The number of ether oxygens (including phenoxy) is 1. The van der Waals surface area contributed by atoms with Gasteiger partial charge in [0, 0.05) is 19.2 Å². The van der Waals surface area contributed by atoms with Crippen molar-refractivity contribution in [3.05, 3.63) is 63.7 Å². The molecule has 0 saturated heterocycles. The highest BCUT2D eigenvalue weighted by Crippen LogP contribution is 2.30. The molecule has 2 aliphatic rings. The zero-order valence-corrected chi connectivity index (χ0v) is 15.3. The predicted octanol–water partition coefficient (Wildman–Crippen LogP) is 2.79. The Morgan fingerprint density at radius 2 is 1.77 bits per heavy atom. The maximum atomic E-state index is 12.5. The van der Waals surface area contributed by atoms with Crippen LogP contribution < -0.4 is 4.74 Å². The van der Waals surface area contributed by atoms with Gasteiger partial charge in [0.1, 0.15) is 12.5 Å². The Labute approximate surface area is 153 Å². The normalized spacial score (nSPS) is 16.5. The molecule has 26 heavy (non-hydrogen) atoms. The number of benzene rings is 2. The fourth-order valence-electron chi connectivity index (χ4n) is 3.75. The molecule has 2 aliphatic heterocycles. The van der Waals surface area contributed by atoms with E-state index in [9.17, 15) is 9.59 Å². The summed E-state index contributed by atoms with van der Waals surface area (Å²) in [7, 11) is 3.58. The predicted molar refractivity (Wildman–Crippen MR) is 98.4 cm³/mol. The molecular formula is C21H22N2O3. The van der Waals surface area contributed by atoms with Crippen LogP contribution in [-0.2, 0) is 19.4 Å². The van der Waals surface area contributed by atoms with E-state index in [0.29, 0.717) is 17.9 Å². The van der Waals surface area contributed by atoms with Crippen molar-refractivity contribution in [3.8, 4) is 5.75 Å². The summed E-state index contributed by atoms with van der Waals surface area (Å²) < 4.78 is 5.70. The molecule has 4 rings (SSSR count). The fraction of sp³-hybridized carbons (Fsp3) is 0.333. The first kappa shape index (κ1) is 16.8. The standard InChI is InChI=1S/C21H22N2O3/c1-13-4-7-15(19-18(13)20(24)23(3)21(19)25)8-5-14-6-9-17-16(10-14)11-22(2)12-26-17/h4,6-7,9-10H,5,8,11-12H2,1-3H3. The Hall–Kier alpha value is -2.66. The molecule has 0 spiro atoms. The van der Waals surface area contributed by atoms with Crippen LogP contribution in [0.5, 0.6) is 5.75 Å². The Bertz CT molecular complexity index is 920. The number of fused-ring (bicyclic) bond motifs is 2. The molecular weight excluding hydrogens is 328 g/mol. The van der Waals surface area contributed by atoms with Crippen molar-refractivity contribution in [2.75, 3.05) is 20.8 Å². The first-order valence-corrected chi connectivity index (χ1v) is 8.83. The number of carbonyl (C=O) groups is 2. The highest BCUT2D eigenvalue weighted by atomic mass is 16.5. The van der Waals surface area contributed by atoms with E-state index in [4.69, 9.17) is 4.74 Å². The third kappa shape index (κ3) is 2.69. The smallest absolute Gasteiger partial charge is 0.261 e. The molecule has 0 N–H and O–H groups in total. The zero-order valence-electron chi connectivity index (χ0n) is 15.3. The summed E-state index contributed by atoms with van der Waals surface area (Å²) in [5.41, 5.74) is 5.35. The maximum absolute atomic E-state index is 12.5. The first-order chi connectivity index (χ1) is 12.5. The van der Waals surface area contributed by atoms with Crippen molar-refractivity contribution in [2.24, 2.45) is 0 Å². The number of aryl methyl sites for hydroxylation is 3. The van der Waals surface area contributed by atoms with Gasteiger partial charge in [-0.1, -0.05) is 24.3 Å². The maximum Gasteiger partial charge on any atom is 0.261 e. The van der Waals surface area contributed by atoms with E-state index in [1.165, 1.54) is 16.0 Å². The Morgan fingerprint density at radius 3 is 2.58 bits per heavy atom. The number of nitrogens with zero attached hydrogens (tertiary/aromatic N) is 2. The molecule has 0 atom stereocenters. The molecule has 2 aromatic carbocycles. The molecule has 0 bridgehead atoms. The Morgan fingerprint density at radius 1 is 1.00 bits per heavy atom. The molecule has 134 valence electrons. The average Bonchev–Trinajstić information content (AvgIpc) is 2.86. The molecule has 2 aromatic rings. The van der Waals surface area contributed by atoms with Crippen LogP contribution in [0.2, 0.25) is 0 Å². The summed E-state index contributed by atoms with van der Waals surface area (Å²) in [4.78, 5) is 28.2. The van der Waals surface area contributed by atoms with Gasteiger partial charge in [-0.25, -0.2) is 0 Å². The van der Waals surface area contributed by atoms with Gasteiger partial charge in [-0.05, 0) is 49.6 Å². The van der Waals surface area contributed by atoms with Crippen molar-refractivity contribution >= 4 is 11.8 Å². The zero-order chi connectivity index (χ0) is 18.4. The van der Waals surface area contributed by atoms with E-state index in [1.54, 1.807) is 7.05 Å². The van der Waals surface area contributed by atoms with Gasteiger partial charge >= 0.3 is 0 Å². The topological polar surface area (TPSA) is 49.9 Å². The molecule has 0 unspecified atom stereocenters. The number of hydrogen-bond donors (Lipinski definition) is 0. The van der Waals surface area contributed by atoms with Gasteiger partial charge in [-0.3, -0.25) is 19.4 Å². The number of carbonyl (C=O) groups excluding carboxylic acids is 2. The van der Waals surface area contributed by atoms with Crippen LogP contribution in [0.4, 0.5) is 0 Å². The van der Waals surface area contributed by atoms with Crippen molar-refractivity contribution in [2.45, 2.75) is 26.3 Å². The summed E-state index contributed by atoms with van der Waals surface area (Å²) in [6.45, 7) is 3.37. The summed E-state index contributed by atoms with van der Waals surface area (Å²) in [5.74, 6) is 0.563. The van der Waals surface area contributed by atoms with Crippen LogP contribution in [0.25, 0.3) is 0 Å². The third-order valence-corrected chi connectivity index (χ3v) is 5.23. The van der Waals surface area contributed by atoms with Crippen molar-refractivity contribution < 1.29 is 14.3 Å². The molecule has 2 heterocycles. The molecule has 0 fully saturated rings. The van der Waals surface area contributed by atoms with E-state index in [-0.39, 0.29) is 11.8 Å². The van der Waals surface area contributed by atoms with Gasteiger partial charge in [0.25, 0.3) is 11.8 Å². The molecule has 0 aromatic heterocycles. The van der Waals surface area contributed by atoms with Gasteiger partial charge in [-0.2, -0.15) is 0 Å². The minimum absolute atomic E-state index is 0.191. The van der Waals surface area contributed by atoms with Crippen molar-refractivity contribution in [3.63, 3.8) is 0 Å². The summed E-state index contributed by atoms with van der Waals surface area (Å²) >= 11 is 0. The van der Waals surface area contributed by atoms with Gasteiger partial charge < -0.3 is 4.74 Å². The van der Waals surface area contributed by atoms with E-state index in [0.717, 1.165) is 36.3 Å². The van der Waals surface area contributed by atoms with E-state index in [1.807, 2.05) is 32.2 Å². The SMILES string of the molecule is Cc1ccc(CCc2ccc3c(c2)CN(C)CO3)c2c1C(=O)N(C)C2=O. The van der Waals surface area contributed by atoms with Crippen LogP contribution in [-0.4, -0.2) is 42.4 Å². The molecule has 0 radical (unpaired) electrons. The van der Waals surface area contributed by atoms with Crippen LogP contribution in [0.1, 0.15) is 43.0 Å². The number of imide groups is 1. The lowest BCUT2D eigenvalue weighted by molar-refractivity contribution is 0.0692. The Kier molecular flexibility index (Phi) is 4.04. The van der Waals surface area contributed by atoms with Crippen LogP contribution in [0.3, 0.4) is 0 Å². The molecule has 5 nitrogen and oxygen atoms in total. The first-order valence-electron chi connectivity index (χ1n) is 8.83. The second-order valence-electron chi connectivity index (χ2n) is 7.19. The lowest BCUT2D eigenvalue weighted by atomic mass is 9.93. The van der Waals surface area contributed by atoms with Crippen LogP contribution in [0, 0.1) is 6.92 Å². The number of amides is 2. The minimum Gasteiger partial charge on any atom is -0.478 e. The van der Waals surface area contributed by atoms with Gasteiger partial charge in [0.05, 0.1) is 11.1 Å². The molecule has 2 amide bonds. The minimum atomic E-state index is -0.196. The van der Waals surface area contributed by atoms with E-state index in [2.05, 4.69) is 17.0 Å². The summed E-state index contributed by atoms with van der Waals surface area (Å²) in [6.07, 6.45) is 1.54. The summed E-state index contributed by atoms with van der Waals surface area (Å²) in [6, 6.07) is 10.2. The highest BCUT2D eigenvalue weighted by molar-refractivity contribution is 6.22. The van der Waals surface area contributed by atoms with Crippen LogP contribution >= 0.6 is 0 Å². The second kappa shape index (κ2) is 6.25. The fourth-order valence-corrected chi connectivity index (χ4v) is 3.75. The van der Waals surface area contributed by atoms with Gasteiger partial charge in [-0.15, -0.1) is 0 Å². The largest absolute Gasteiger partial charge is 0.478 e. The average molecular weight is 350 g/mol. The second-order valence-corrected chi connectivity index (χ2v) is 7.19. The monoisotopic (exact) mass is 350 g/mol. The van der Waals surface area contributed by atoms with E-state index < -0.39 is 0 Å². The van der Waals surface area contributed by atoms with Crippen molar-refractivity contribution in [1.29, 1.82) is 0 Å². The van der Waals surface area contributed by atoms with Gasteiger partial charge in [0.15, 0.2) is 0 Å². The van der Waals surface area contributed by atoms with Crippen LogP contribution in [0.15, 0.2) is 30.3 Å². The lowest BCUT2D eigenvalue weighted by Crippen LogP contribution is -2.28. The Balaban J connectivity index is 1.60. The molecule has 0 saturated carbocycles. The summed E-state index contributed by atoms with van der Waals surface area (Å²) in [5, 5.41) is 0. The van der Waals surface area contributed by atoms with Gasteiger partial charge in [0.2, 0.25) is 0 Å². The quantitative estimate of drug-likeness (QED) is 0.799. The highest BCUT2D eigenvalue weighted by Gasteiger charge is 2.35. The lowest BCUT2D eigenvalue weighted by Gasteiger charge is -2.25. The van der Waals surface area contributed by atoms with Crippen molar-refractivity contribution in [1.82, 2.24) is 9.80 Å². The van der Waals surface area contributed by atoms with E-state index >= 15 is 0 Å². The molecule has 0 aliphatic carbocycles. The molecule has 5 heteroatoms. The third-order valence-electron chi connectivity index (χ3n) is 5.23. The number of hydrogen-bond acceptors (Lipinski definition) is 4.